The minimum absolute atomic E-state index is 0.0226. The van der Waals surface area contributed by atoms with Crippen molar-refractivity contribution in [2.24, 2.45) is 5.92 Å². The second-order valence-electron chi connectivity index (χ2n) is 6.91. The Balaban J connectivity index is 1.85. The van der Waals surface area contributed by atoms with Crippen LogP contribution in [0.4, 0.5) is 0 Å². The van der Waals surface area contributed by atoms with E-state index in [-0.39, 0.29) is 5.56 Å². The SMILES string of the molecule is COc1ccc2cc(CN3CCOC[C@@H]3CC(C)C)c(=O)[nH]c2c1. The summed E-state index contributed by atoms with van der Waals surface area (Å²) in [5, 5.41) is 1.03. The van der Waals surface area contributed by atoms with Gasteiger partial charge in [-0.1, -0.05) is 13.8 Å². The highest BCUT2D eigenvalue weighted by molar-refractivity contribution is 5.80. The topological polar surface area (TPSA) is 54.6 Å². The molecule has 0 spiro atoms. The number of methoxy groups -OCH3 is 1. The van der Waals surface area contributed by atoms with Gasteiger partial charge in [-0.25, -0.2) is 0 Å². The number of fused-ring (bicyclic) bond motifs is 1. The molecule has 0 bridgehead atoms. The number of pyridine rings is 1. The molecule has 1 N–H and O–H groups in total. The quantitative estimate of drug-likeness (QED) is 0.916. The highest BCUT2D eigenvalue weighted by Gasteiger charge is 2.24. The molecule has 1 atom stereocenters. The van der Waals surface area contributed by atoms with Crippen molar-refractivity contribution in [1.82, 2.24) is 9.88 Å². The molecule has 1 aromatic heterocycles. The summed E-state index contributed by atoms with van der Waals surface area (Å²) in [5.41, 5.74) is 1.60. The van der Waals surface area contributed by atoms with Gasteiger partial charge in [-0.05, 0) is 35.9 Å². The lowest BCUT2D eigenvalue weighted by atomic mass is 10.0. The van der Waals surface area contributed by atoms with E-state index in [0.717, 1.165) is 48.4 Å². The molecule has 24 heavy (non-hydrogen) atoms. The molecule has 0 aliphatic carbocycles. The molecule has 3 rings (SSSR count). The summed E-state index contributed by atoms with van der Waals surface area (Å²) in [6, 6.07) is 8.13. The predicted octanol–water partition coefficient (Wildman–Crippen LogP) is 2.78. The second-order valence-corrected chi connectivity index (χ2v) is 6.91. The van der Waals surface area contributed by atoms with Crippen molar-refractivity contribution in [2.75, 3.05) is 26.9 Å². The molecule has 1 fully saturated rings. The van der Waals surface area contributed by atoms with Crippen molar-refractivity contribution < 1.29 is 9.47 Å². The molecule has 130 valence electrons. The van der Waals surface area contributed by atoms with Gasteiger partial charge in [-0.3, -0.25) is 9.69 Å². The first-order chi connectivity index (χ1) is 11.6. The molecule has 0 saturated carbocycles. The fraction of sp³-hybridized carbons (Fsp3) is 0.526. The lowest BCUT2D eigenvalue weighted by Gasteiger charge is -2.36. The van der Waals surface area contributed by atoms with Crippen molar-refractivity contribution in [3.8, 4) is 5.75 Å². The van der Waals surface area contributed by atoms with Gasteiger partial charge in [0.2, 0.25) is 0 Å². The summed E-state index contributed by atoms with van der Waals surface area (Å²) in [4.78, 5) is 17.8. The third-order valence-electron chi connectivity index (χ3n) is 4.60. The van der Waals surface area contributed by atoms with E-state index in [4.69, 9.17) is 9.47 Å². The average Bonchev–Trinajstić information content (AvgIpc) is 2.56. The first-order valence-electron chi connectivity index (χ1n) is 8.58. The largest absolute Gasteiger partial charge is 0.497 e. The zero-order chi connectivity index (χ0) is 17.1. The Bertz CT molecular complexity index is 754. The molecule has 1 aliphatic rings. The third-order valence-corrected chi connectivity index (χ3v) is 4.60. The maximum atomic E-state index is 12.5. The summed E-state index contributed by atoms with van der Waals surface area (Å²) < 4.78 is 10.9. The fourth-order valence-corrected chi connectivity index (χ4v) is 3.35. The van der Waals surface area contributed by atoms with E-state index in [2.05, 4.69) is 23.7 Å². The van der Waals surface area contributed by atoms with E-state index in [9.17, 15) is 4.79 Å². The Kier molecular flexibility index (Phi) is 5.21. The van der Waals surface area contributed by atoms with Crippen LogP contribution in [0.5, 0.6) is 5.75 Å². The van der Waals surface area contributed by atoms with E-state index in [1.54, 1.807) is 7.11 Å². The van der Waals surface area contributed by atoms with Crippen molar-refractivity contribution in [3.05, 3.63) is 40.2 Å². The smallest absolute Gasteiger partial charge is 0.252 e. The average molecular weight is 330 g/mol. The van der Waals surface area contributed by atoms with E-state index in [1.807, 2.05) is 24.3 Å². The lowest BCUT2D eigenvalue weighted by Crippen LogP contribution is -2.46. The van der Waals surface area contributed by atoms with E-state index >= 15 is 0 Å². The predicted molar refractivity (Wildman–Crippen MR) is 95.6 cm³/mol. The van der Waals surface area contributed by atoms with Crippen LogP contribution in [0.1, 0.15) is 25.8 Å². The maximum absolute atomic E-state index is 12.5. The molecule has 1 aromatic carbocycles. The molecule has 2 heterocycles. The van der Waals surface area contributed by atoms with E-state index in [1.165, 1.54) is 0 Å². The maximum Gasteiger partial charge on any atom is 0.252 e. The number of benzene rings is 1. The second kappa shape index (κ2) is 7.36. The normalized spacial score (nSPS) is 19.1. The standard InChI is InChI=1S/C19H26N2O3/c1-13(2)8-16-12-24-7-6-21(16)11-15-9-14-4-5-17(23-3)10-18(14)20-19(15)22/h4-5,9-10,13,16H,6-8,11-12H2,1-3H3,(H,20,22)/t16-/m0/s1. The van der Waals surface area contributed by atoms with Crippen LogP contribution < -0.4 is 10.3 Å². The number of H-pyrrole nitrogens is 1. The summed E-state index contributed by atoms with van der Waals surface area (Å²) in [7, 11) is 1.63. The minimum Gasteiger partial charge on any atom is -0.497 e. The Hall–Kier alpha value is -1.85. The van der Waals surface area contributed by atoms with E-state index < -0.39 is 0 Å². The van der Waals surface area contributed by atoms with Crippen LogP contribution in [0.25, 0.3) is 10.9 Å². The van der Waals surface area contributed by atoms with Gasteiger partial charge in [-0.2, -0.15) is 0 Å². The van der Waals surface area contributed by atoms with Crippen molar-refractivity contribution in [3.63, 3.8) is 0 Å². The van der Waals surface area contributed by atoms with E-state index in [0.29, 0.717) is 18.5 Å². The summed E-state index contributed by atoms with van der Waals surface area (Å²) in [5.74, 6) is 1.36. The molecule has 0 unspecified atom stereocenters. The van der Waals surface area contributed by atoms with Crippen LogP contribution in [0.2, 0.25) is 0 Å². The third kappa shape index (κ3) is 3.79. The van der Waals surface area contributed by atoms with Crippen molar-refractivity contribution >= 4 is 10.9 Å². The van der Waals surface area contributed by atoms with Crippen molar-refractivity contribution in [1.29, 1.82) is 0 Å². The number of aromatic nitrogens is 1. The Morgan fingerprint density at radius 3 is 2.96 bits per heavy atom. The summed E-state index contributed by atoms with van der Waals surface area (Å²) in [6.07, 6.45) is 1.09. The van der Waals surface area contributed by atoms with Gasteiger partial charge in [0.15, 0.2) is 0 Å². The molecule has 1 saturated heterocycles. The van der Waals surface area contributed by atoms with Gasteiger partial charge in [0, 0.05) is 30.8 Å². The molecule has 1 aliphatic heterocycles. The van der Waals surface area contributed by atoms with Gasteiger partial charge >= 0.3 is 0 Å². The van der Waals surface area contributed by atoms with Crippen LogP contribution in [0.3, 0.4) is 0 Å². The number of morpholine rings is 1. The number of nitrogens with one attached hydrogen (secondary N) is 1. The number of hydrogen-bond acceptors (Lipinski definition) is 4. The molecule has 0 amide bonds. The van der Waals surface area contributed by atoms with Crippen LogP contribution in [0, 0.1) is 5.92 Å². The summed E-state index contributed by atoms with van der Waals surface area (Å²) in [6.45, 7) is 7.47. The van der Waals surface area contributed by atoms with Gasteiger partial charge < -0.3 is 14.5 Å². The van der Waals surface area contributed by atoms with Gasteiger partial charge in [0.25, 0.3) is 5.56 Å². The monoisotopic (exact) mass is 330 g/mol. The van der Waals surface area contributed by atoms with Gasteiger partial charge in [-0.15, -0.1) is 0 Å². The molecular weight excluding hydrogens is 304 g/mol. The zero-order valence-electron chi connectivity index (χ0n) is 14.7. The molecular formula is C19H26N2O3. The van der Waals surface area contributed by atoms with Gasteiger partial charge in [0.05, 0.1) is 25.8 Å². The Labute approximate surface area is 142 Å². The molecule has 5 nitrogen and oxygen atoms in total. The number of hydrogen-bond donors (Lipinski definition) is 1. The minimum atomic E-state index is -0.0226. The highest BCUT2D eigenvalue weighted by Crippen LogP contribution is 2.21. The first-order valence-corrected chi connectivity index (χ1v) is 8.58. The highest BCUT2D eigenvalue weighted by atomic mass is 16.5. The number of ether oxygens (including phenoxy) is 2. The lowest BCUT2D eigenvalue weighted by molar-refractivity contribution is -0.0188. The molecule has 2 aromatic rings. The summed E-state index contributed by atoms with van der Waals surface area (Å²) >= 11 is 0. The number of rotatable bonds is 5. The molecule has 5 heteroatoms. The molecule has 0 radical (unpaired) electrons. The van der Waals surface area contributed by atoms with Gasteiger partial charge in [0.1, 0.15) is 5.75 Å². The fourth-order valence-electron chi connectivity index (χ4n) is 3.35. The number of nitrogens with zero attached hydrogens (tertiary/aromatic N) is 1. The zero-order valence-corrected chi connectivity index (χ0v) is 14.7. The Morgan fingerprint density at radius 2 is 2.21 bits per heavy atom. The van der Waals surface area contributed by atoms with Crippen LogP contribution >= 0.6 is 0 Å². The van der Waals surface area contributed by atoms with Crippen molar-refractivity contribution in [2.45, 2.75) is 32.9 Å². The first kappa shape index (κ1) is 17.0. The van der Waals surface area contributed by atoms with Crippen LogP contribution in [-0.4, -0.2) is 42.8 Å². The van der Waals surface area contributed by atoms with Crippen LogP contribution in [-0.2, 0) is 11.3 Å². The number of aromatic amines is 1. The van der Waals surface area contributed by atoms with Crippen LogP contribution in [0.15, 0.2) is 29.1 Å². The Morgan fingerprint density at radius 1 is 1.38 bits per heavy atom.